The molecule has 7 nitrogen and oxygen atoms in total. The van der Waals surface area contributed by atoms with Crippen molar-refractivity contribution < 1.29 is 9.32 Å². The minimum absolute atomic E-state index is 0. The third kappa shape index (κ3) is 7.51. The van der Waals surface area contributed by atoms with Gasteiger partial charge in [0.25, 0.3) is 0 Å². The molecule has 1 aromatic heterocycles. The lowest BCUT2D eigenvalue weighted by molar-refractivity contribution is -0.127. The van der Waals surface area contributed by atoms with Gasteiger partial charge in [-0.25, -0.2) is 4.99 Å². The first-order valence-electron chi connectivity index (χ1n) is 9.35. The van der Waals surface area contributed by atoms with Crippen LogP contribution < -0.4 is 16.0 Å². The summed E-state index contributed by atoms with van der Waals surface area (Å²) in [6, 6.07) is 1.95. The zero-order chi connectivity index (χ0) is 18.1. The van der Waals surface area contributed by atoms with E-state index in [9.17, 15) is 4.79 Å². The Morgan fingerprint density at radius 2 is 2.04 bits per heavy atom. The first-order chi connectivity index (χ1) is 12.1. The normalized spacial score (nSPS) is 14.5. The molecule has 0 aromatic carbocycles. The van der Waals surface area contributed by atoms with Crippen LogP contribution >= 0.6 is 24.0 Å². The molecule has 1 aliphatic carbocycles. The summed E-state index contributed by atoms with van der Waals surface area (Å²) in [5.74, 6) is 2.31. The molecule has 0 unspecified atom stereocenters. The molecular formula is C18H32IN5O2. The van der Waals surface area contributed by atoms with Gasteiger partial charge in [0.2, 0.25) is 5.91 Å². The quantitative estimate of drug-likeness (QED) is 0.220. The Morgan fingerprint density at radius 1 is 1.31 bits per heavy atom. The van der Waals surface area contributed by atoms with Crippen molar-refractivity contribution in [3.63, 3.8) is 0 Å². The van der Waals surface area contributed by atoms with E-state index in [1.54, 1.807) is 0 Å². The lowest BCUT2D eigenvalue weighted by Gasteiger charge is -2.24. The van der Waals surface area contributed by atoms with Gasteiger partial charge < -0.3 is 20.5 Å². The summed E-state index contributed by atoms with van der Waals surface area (Å²) in [4.78, 5) is 16.3. The Kier molecular flexibility index (Phi) is 10.6. The fourth-order valence-corrected chi connectivity index (χ4v) is 2.50. The summed E-state index contributed by atoms with van der Waals surface area (Å²) in [5, 5.41) is 13.5. The number of nitrogens with one attached hydrogen (secondary N) is 3. The Morgan fingerprint density at radius 3 is 2.62 bits per heavy atom. The molecule has 3 N–H and O–H groups in total. The fourth-order valence-electron chi connectivity index (χ4n) is 2.50. The zero-order valence-corrected chi connectivity index (χ0v) is 18.3. The zero-order valence-electron chi connectivity index (χ0n) is 16.0. The number of carbonyl (C=O) groups excluding carboxylic acids is 1. The monoisotopic (exact) mass is 477 g/mol. The number of hydrogen-bond donors (Lipinski definition) is 3. The lowest BCUT2D eigenvalue weighted by atomic mass is 9.85. The van der Waals surface area contributed by atoms with Crippen molar-refractivity contribution in [3.8, 4) is 0 Å². The van der Waals surface area contributed by atoms with E-state index in [4.69, 9.17) is 4.52 Å². The highest BCUT2D eigenvalue weighted by molar-refractivity contribution is 14.0. The molecule has 26 heavy (non-hydrogen) atoms. The number of nitrogens with zero attached hydrogens (tertiary/aromatic N) is 2. The van der Waals surface area contributed by atoms with E-state index >= 15 is 0 Å². The fraction of sp³-hybridized carbons (Fsp3) is 0.722. The number of hydrogen-bond acceptors (Lipinski definition) is 4. The second-order valence-corrected chi connectivity index (χ2v) is 6.77. The van der Waals surface area contributed by atoms with E-state index in [1.807, 2.05) is 13.0 Å². The molecule has 0 aliphatic heterocycles. The molecule has 0 bridgehead atoms. The molecule has 0 saturated heterocycles. The Hall–Kier alpha value is -1.32. The van der Waals surface area contributed by atoms with Gasteiger partial charge in [-0.2, -0.15) is 0 Å². The summed E-state index contributed by atoms with van der Waals surface area (Å²) in [6.07, 6.45) is 4.14. The molecule has 1 amide bonds. The van der Waals surface area contributed by atoms with Gasteiger partial charge in [0.15, 0.2) is 11.7 Å². The summed E-state index contributed by atoms with van der Waals surface area (Å²) >= 11 is 0. The molecule has 1 fully saturated rings. The van der Waals surface area contributed by atoms with Crippen molar-refractivity contribution in [2.75, 3.05) is 19.6 Å². The first-order valence-corrected chi connectivity index (χ1v) is 9.35. The molecule has 0 spiro atoms. The Bertz CT molecular complexity index is 570. The highest BCUT2D eigenvalue weighted by Crippen LogP contribution is 2.26. The Balaban J connectivity index is 0.00000338. The van der Waals surface area contributed by atoms with E-state index in [0.29, 0.717) is 19.0 Å². The number of guanidine groups is 1. The molecule has 1 heterocycles. The van der Waals surface area contributed by atoms with Crippen molar-refractivity contribution in [2.24, 2.45) is 10.9 Å². The van der Waals surface area contributed by atoms with Gasteiger partial charge in [0.1, 0.15) is 6.54 Å². The standard InChI is InChI=1S/C18H31N5O2.HI/c1-4-19-18(22-12-15-11-16(13(2)3)23-25-15)21-10-6-9-20-17(24)14-7-5-8-14;/h11,13-14H,4-10,12H2,1-3H3,(H,20,24)(H2,19,21,22);1H. The number of amides is 1. The summed E-state index contributed by atoms with van der Waals surface area (Å²) in [7, 11) is 0. The predicted octanol–water partition coefficient (Wildman–Crippen LogP) is 2.78. The third-order valence-electron chi connectivity index (χ3n) is 4.33. The van der Waals surface area contributed by atoms with Crippen molar-refractivity contribution in [1.82, 2.24) is 21.1 Å². The minimum atomic E-state index is 0. The van der Waals surface area contributed by atoms with Crippen LogP contribution in [-0.4, -0.2) is 36.7 Å². The SMILES string of the molecule is CCNC(=NCc1cc(C(C)C)no1)NCCCNC(=O)C1CCC1.I. The van der Waals surface area contributed by atoms with Crippen LogP contribution in [0.4, 0.5) is 0 Å². The van der Waals surface area contributed by atoms with Gasteiger partial charge in [0, 0.05) is 31.6 Å². The summed E-state index contributed by atoms with van der Waals surface area (Å²) in [6.45, 7) is 8.89. The largest absolute Gasteiger partial charge is 0.359 e. The van der Waals surface area contributed by atoms with Gasteiger partial charge in [-0.1, -0.05) is 25.4 Å². The van der Waals surface area contributed by atoms with Crippen molar-refractivity contribution in [1.29, 1.82) is 0 Å². The van der Waals surface area contributed by atoms with Crippen molar-refractivity contribution >= 4 is 35.8 Å². The van der Waals surface area contributed by atoms with Crippen LogP contribution in [0.25, 0.3) is 0 Å². The minimum Gasteiger partial charge on any atom is -0.359 e. The first kappa shape index (κ1) is 22.7. The highest BCUT2D eigenvalue weighted by Gasteiger charge is 2.24. The maximum absolute atomic E-state index is 11.8. The van der Waals surface area contributed by atoms with Crippen LogP contribution in [0.5, 0.6) is 0 Å². The maximum Gasteiger partial charge on any atom is 0.223 e. The van der Waals surface area contributed by atoms with Crippen LogP contribution in [0.3, 0.4) is 0 Å². The van der Waals surface area contributed by atoms with E-state index < -0.39 is 0 Å². The molecule has 8 heteroatoms. The van der Waals surface area contributed by atoms with Crippen LogP contribution in [0.15, 0.2) is 15.6 Å². The van der Waals surface area contributed by atoms with Crippen LogP contribution in [0, 0.1) is 5.92 Å². The second-order valence-electron chi connectivity index (χ2n) is 6.77. The topological polar surface area (TPSA) is 91.6 Å². The van der Waals surface area contributed by atoms with E-state index in [0.717, 1.165) is 49.8 Å². The second kappa shape index (κ2) is 12.1. The maximum atomic E-state index is 11.8. The summed E-state index contributed by atoms with van der Waals surface area (Å²) < 4.78 is 5.30. The number of rotatable bonds is 9. The molecule has 2 rings (SSSR count). The average molecular weight is 477 g/mol. The smallest absolute Gasteiger partial charge is 0.223 e. The van der Waals surface area contributed by atoms with E-state index in [2.05, 4.69) is 39.9 Å². The van der Waals surface area contributed by atoms with Gasteiger partial charge in [-0.3, -0.25) is 4.79 Å². The van der Waals surface area contributed by atoms with Gasteiger partial charge in [0.05, 0.1) is 5.69 Å². The number of aromatic nitrogens is 1. The summed E-state index contributed by atoms with van der Waals surface area (Å²) in [5.41, 5.74) is 0.949. The van der Waals surface area contributed by atoms with Gasteiger partial charge >= 0.3 is 0 Å². The number of halogens is 1. The van der Waals surface area contributed by atoms with Crippen LogP contribution in [0.2, 0.25) is 0 Å². The molecule has 1 saturated carbocycles. The Labute approximate surface area is 173 Å². The van der Waals surface area contributed by atoms with Gasteiger partial charge in [-0.15, -0.1) is 24.0 Å². The van der Waals surface area contributed by atoms with Crippen molar-refractivity contribution in [3.05, 3.63) is 17.5 Å². The van der Waals surface area contributed by atoms with Gasteiger partial charge in [-0.05, 0) is 32.1 Å². The van der Waals surface area contributed by atoms with Crippen molar-refractivity contribution in [2.45, 2.75) is 58.9 Å². The van der Waals surface area contributed by atoms with E-state index in [-0.39, 0.29) is 35.8 Å². The van der Waals surface area contributed by atoms with E-state index in [1.165, 1.54) is 6.42 Å². The van der Waals surface area contributed by atoms with Crippen LogP contribution in [-0.2, 0) is 11.3 Å². The molecule has 1 aliphatic rings. The third-order valence-corrected chi connectivity index (χ3v) is 4.33. The predicted molar refractivity (Wildman–Crippen MR) is 114 cm³/mol. The molecule has 1 aromatic rings. The molecular weight excluding hydrogens is 445 g/mol. The molecule has 0 radical (unpaired) electrons. The average Bonchev–Trinajstić information content (AvgIpc) is 2.99. The molecule has 148 valence electrons. The van der Waals surface area contributed by atoms with Crippen LogP contribution in [0.1, 0.15) is 63.8 Å². The lowest BCUT2D eigenvalue weighted by Crippen LogP contribution is -2.39. The highest BCUT2D eigenvalue weighted by atomic mass is 127. The number of carbonyl (C=O) groups is 1. The number of aliphatic imine (C=N–C) groups is 1. The molecule has 0 atom stereocenters.